The minimum Gasteiger partial charge on any atom is -0.377 e. The molecule has 1 atom stereocenters. The van der Waals surface area contributed by atoms with Crippen LogP contribution in [-0.2, 0) is 24.8 Å². The highest BCUT2D eigenvalue weighted by molar-refractivity contribution is 7.89. The quantitative estimate of drug-likeness (QED) is 0.641. The maximum Gasteiger partial charge on any atom is 0.240 e. The van der Waals surface area contributed by atoms with Gasteiger partial charge in [-0.1, -0.05) is 5.16 Å². The van der Waals surface area contributed by atoms with Crippen LogP contribution in [-0.4, -0.2) is 69.9 Å². The molecule has 31 heavy (non-hydrogen) atoms. The molecule has 2 aliphatic rings. The van der Waals surface area contributed by atoms with Gasteiger partial charge in [-0.05, 0) is 49.9 Å². The van der Waals surface area contributed by atoms with Gasteiger partial charge in [0.1, 0.15) is 0 Å². The zero-order valence-corrected chi connectivity index (χ0v) is 18.9. The molecule has 2 aliphatic heterocycles. The van der Waals surface area contributed by atoms with Crippen LogP contribution in [0.3, 0.4) is 0 Å². The van der Waals surface area contributed by atoms with Gasteiger partial charge in [0.25, 0.3) is 0 Å². The number of nitrogens with one attached hydrogen (secondary N) is 1. The monoisotopic (exact) mass is 470 g/mol. The van der Waals surface area contributed by atoms with Crippen molar-refractivity contribution in [3.05, 3.63) is 30.2 Å². The van der Waals surface area contributed by atoms with Crippen molar-refractivity contribution in [1.82, 2.24) is 19.2 Å². The van der Waals surface area contributed by atoms with E-state index in [1.165, 1.54) is 22.7 Å². The van der Waals surface area contributed by atoms with Crippen molar-refractivity contribution in [2.24, 2.45) is 0 Å². The molecule has 1 aromatic heterocycles. The summed E-state index contributed by atoms with van der Waals surface area (Å²) in [7, 11) is -6.81. The highest BCUT2D eigenvalue weighted by Crippen LogP contribution is 2.29. The van der Waals surface area contributed by atoms with E-state index in [2.05, 4.69) is 14.9 Å². The summed E-state index contributed by atoms with van der Waals surface area (Å²) in [6.45, 7) is 1.78. The second kappa shape index (κ2) is 8.94. The third-order valence-corrected chi connectivity index (χ3v) is 8.40. The number of nitrogens with zero attached hydrogens (tertiary/aromatic N) is 3. The van der Waals surface area contributed by atoms with Crippen molar-refractivity contribution in [3.63, 3.8) is 0 Å². The van der Waals surface area contributed by atoms with E-state index in [0.29, 0.717) is 49.8 Å². The first-order valence-electron chi connectivity index (χ1n) is 10.2. The zero-order chi connectivity index (χ0) is 22.1. The number of aromatic nitrogens is 2. The molecular weight excluding hydrogens is 444 g/mol. The topological polar surface area (TPSA) is 132 Å². The van der Waals surface area contributed by atoms with Crippen molar-refractivity contribution >= 4 is 20.0 Å². The number of hydrogen-bond acceptors (Lipinski definition) is 8. The summed E-state index contributed by atoms with van der Waals surface area (Å²) in [5.74, 6) is 0.843. The lowest BCUT2D eigenvalue weighted by Crippen LogP contribution is -2.37. The maximum atomic E-state index is 12.5. The van der Waals surface area contributed by atoms with Crippen molar-refractivity contribution in [1.29, 1.82) is 0 Å². The van der Waals surface area contributed by atoms with Crippen LogP contribution < -0.4 is 4.72 Å². The number of hydrogen-bond donors (Lipinski definition) is 1. The molecule has 3 heterocycles. The molecule has 0 bridgehead atoms. The zero-order valence-electron chi connectivity index (χ0n) is 17.2. The molecule has 0 spiro atoms. The van der Waals surface area contributed by atoms with Gasteiger partial charge >= 0.3 is 0 Å². The Morgan fingerprint density at radius 1 is 1.10 bits per heavy atom. The Morgan fingerprint density at radius 2 is 1.81 bits per heavy atom. The van der Waals surface area contributed by atoms with Crippen LogP contribution in [0.15, 0.2) is 33.7 Å². The number of benzene rings is 1. The number of ether oxygens (including phenoxy) is 1. The summed E-state index contributed by atoms with van der Waals surface area (Å²) in [6, 6.07) is 6.30. The van der Waals surface area contributed by atoms with Crippen LogP contribution in [0.2, 0.25) is 0 Å². The largest absolute Gasteiger partial charge is 0.377 e. The maximum absolute atomic E-state index is 12.5. The molecule has 170 valence electrons. The highest BCUT2D eigenvalue weighted by atomic mass is 32.2. The summed E-state index contributed by atoms with van der Waals surface area (Å²) >= 11 is 0. The normalized spacial score (nSPS) is 21.5. The third kappa shape index (κ3) is 5.32. The average molecular weight is 471 g/mol. The Labute approximate surface area is 182 Å². The molecule has 1 unspecified atom stereocenters. The fraction of sp³-hybridized carbons (Fsp3) is 0.579. The van der Waals surface area contributed by atoms with E-state index in [9.17, 15) is 16.8 Å². The Balaban J connectivity index is 1.39. The molecule has 2 aromatic rings. The minimum atomic E-state index is -3.62. The first-order valence-corrected chi connectivity index (χ1v) is 13.6. The van der Waals surface area contributed by atoms with E-state index in [1.807, 2.05) is 0 Å². The summed E-state index contributed by atoms with van der Waals surface area (Å²) < 4.78 is 63.1. The molecule has 4 rings (SSSR count). The average Bonchev–Trinajstić information content (AvgIpc) is 3.44. The Kier molecular flexibility index (Phi) is 6.44. The summed E-state index contributed by atoms with van der Waals surface area (Å²) in [5.41, 5.74) is 0.640. The summed E-state index contributed by atoms with van der Waals surface area (Å²) in [4.78, 5) is 4.60. The minimum absolute atomic E-state index is 0.000840. The SMILES string of the molecule is CS(=O)(=O)N1CCC(c2nc(-c3ccc(S(=O)(=O)NCC4CCCO4)cc3)no2)CC1. The van der Waals surface area contributed by atoms with Crippen molar-refractivity contribution < 1.29 is 26.1 Å². The van der Waals surface area contributed by atoms with E-state index in [1.54, 1.807) is 12.1 Å². The van der Waals surface area contributed by atoms with Gasteiger partial charge in [0, 0.05) is 37.7 Å². The molecule has 12 heteroatoms. The lowest BCUT2D eigenvalue weighted by Gasteiger charge is -2.28. The van der Waals surface area contributed by atoms with Gasteiger partial charge < -0.3 is 9.26 Å². The molecular formula is C19H26N4O6S2. The van der Waals surface area contributed by atoms with Gasteiger partial charge in [-0.25, -0.2) is 25.9 Å². The van der Waals surface area contributed by atoms with E-state index in [0.717, 1.165) is 12.8 Å². The van der Waals surface area contributed by atoms with Crippen molar-refractivity contribution in [2.45, 2.75) is 42.6 Å². The molecule has 0 aliphatic carbocycles. The first kappa shape index (κ1) is 22.3. The Hall–Kier alpha value is -1.86. The fourth-order valence-corrected chi connectivity index (χ4v) is 5.77. The van der Waals surface area contributed by atoms with E-state index >= 15 is 0 Å². The van der Waals surface area contributed by atoms with Gasteiger partial charge in [0.05, 0.1) is 17.3 Å². The van der Waals surface area contributed by atoms with E-state index < -0.39 is 20.0 Å². The molecule has 2 saturated heterocycles. The Bertz CT molecular complexity index is 1100. The molecule has 1 aromatic carbocycles. The fourth-order valence-electron chi connectivity index (χ4n) is 3.83. The highest BCUT2D eigenvalue weighted by Gasteiger charge is 2.29. The predicted molar refractivity (Wildman–Crippen MR) is 112 cm³/mol. The third-order valence-electron chi connectivity index (χ3n) is 5.66. The molecule has 10 nitrogen and oxygen atoms in total. The number of sulfonamides is 2. The standard InChI is InChI=1S/C19H26N4O6S2/c1-30(24,25)23-10-8-15(9-11-23)19-21-18(22-29-19)14-4-6-17(7-5-14)31(26,27)20-13-16-3-2-12-28-16/h4-7,15-16,20H,2-3,8-13H2,1H3. The smallest absolute Gasteiger partial charge is 0.240 e. The van der Waals surface area contributed by atoms with Crippen LogP contribution in [0.1, 0.15) is 37.5 Å². The second-order valence-corrected chi connectivity index (χ2v) is 11.7. The van der Waals surface area contributed by atoms with Crippen LogP contribution in [0, 0.1) is 0 Å². The van der Waals surface area contributed by atoms with Gasteiger partial charge in [-0.15, -0.1) is 0 Å². The van der Waals surface area contributed by atoms with Crippen LogP contribution >= 0.6 is 0 Å². The summed E-state index contributed by atoms with van der Waals surface area (Å²) in [6.07, 6.45) is 4.17. The van der Waals surface area contributed by atoms with Gasteiger partial charge in [0.2, 0.25) is 31.8 Å². The molecule has 2 fully saturated rings. The Morgan fingerprint density at radius 3 is 2.42 bits per heavy atom. The molecule has 0 radical (unpaired) electrons. The number of rotatable bonds is 7. The van der Waals surface area contributed by atoms with E-state index in [-0.39, 0.29) is 23.5 Å². The predicted octanol–water partition coefficient (Wildman–Crippen LogP) is 1.33. The molecule has 0 saturated carbocycles. The van der Waals surface area contributed by atoms with Crippen LogP contribution in [0.4, 0.5) is 0 Å². The number of piperidine rings is 1. The van der Waals surface area contributed by atoms with Crippen LogP contribution in [0.5, 0.6) is 0 Å². The molecule has 1 N–H and O–H groups in total. The van der Waals surface area contributed by atoms with Crippen molar-refractivity contribution in [2.75, 3.05) is 32.5 Å². The van der Waals surface area contributed by atoms with Gasteiger partial charge in [-0.3, -0.25) is 0 Å². The first-order chi connectivity index (χ1) is 14.7. The van der Waals surface area contributed by atoms with Gasteiger partial charge in [-0.2, -0.15) is 4.98 Å². The van der Waals surface area contributed by atoms with Crippen molar-refractivity contribution in [3.8, 4) is 11.4 Å². The summed E-state index contributed by atoms with van der Waals surface area (Å²) in [5, 5.41) is 4.01. The lowest BCUT2D eigenvalue weighted by atomic mass is 9.98. The van der Waals surface area contributed by atoms with Crippen LogP contribution in [0.25, 0.3) is 11.4 Å². The second-order valence-electron chi connectivity index (χ2n) is 7.90. The van der Waals surface area contributed by atoms with E-state index in [4.69, 9.17) is 9.26 Å². The lowest BCUT2D eigenvalue weighted by molar-refractivity contribution is 0.114. The molecule has 0 amide bonds. The van der Waals surface area contributed by atoms with Gasteiger partial charge in [0.15, 0.2) is 0 Å².